The largest absolute Gasteiger partial charge is 0.573 e. The number of nitrogens with zero attached hydrogens (tertiary/aromatic N) is 1. The van der Waals surface area contributed by atoms with Crippen molar-refractivity contribution in [1.82, 2.24) is 4.98 Å². The van der Waals surface area contributed by atoms with Gasteiger partial charge in [-0.1, -0.05) is 18.2 Å². The van der Waals surface area contributed by atoms with E-state index in [2.05, 4.69) is 15.0 Å². The number of aromatic nitrogens is 1. The van der Waals surface area contributed by atoms with Crippen LogP contribution in [0.4, 0.5) is 19.0 Å². The second kappa shape index (κ2) is 6.03. The van der Waals surface area contributed by atoms with Gasteiger partial charge in [0.15, 0.2) is 0 Å². The lowest BCUT2D eigenvalue weighted by molar-refractivity contribution is -0.274. The molecule has 0 aliphatic rings. The minimum absolute atomic E-state index is 0.0840. The van der Waals surface area contributed by atoms with Crippen molar-refractivity contribution in [3.63, 3.8) is 0 Å². The van der Waals surface area contributed by atoms with Gasteiger partial charge in [-0.05, 0) is 43.7 Å². The molecule has 0 amide bonds. The zero-order valence-corrected chi connectivity index (χ0v) is 11.6. The number of anilines is 1. The third kappa shape index (κ3) is 4.66. The van der Waals surface area contributed by atoms with Crippen LogP contribution >= 0.6 is 0 Å². The summed E-state index contributed by atoms with van der Waals surface area (Å²) in [4.78, 5) is 4.32. The van der Waals surface area contributed by atoms with E-state index in [-0.39, 0.29) is 11.8 Å². The van der Waals surface area contributed by atoms with Crippen LogP contribution in [0.3, 0.4) is 0 Å². The Bertz CT molecular complexity index is 597. The van der Waals surface area contributed by atoms with E-state index in [1.54, 1.807) is 12.1 Å². The number of alkyl halides is 3. The van der Waals surface area contributed by atoms with E-state index in [4.69, 9.17) is 0 Å². The zero-order chi connectivity index (χ0) is 15.5. The fourth-order valence-corrected chi connectivity index (χ4v) is 1.89. The number of benzene rings is 1. The number of aryl methyl sites for hydroxylation is 1. The zero-order valence-electron chi connectivity index (χ0n) is 11.6. The molecule has 2 rings (SSSR count). The number of halogens is 3. The quantitative estimate of drug-likeness (QED) is 0.904. The van der Waals surface area contributed by atoms with E-state index in [9.17, 15) is 13.2 Å². The molecule has 0 radical (unpaired) electrons. The number of ether oxygens (including phenoxy) is 1. The van der Waals surface area contributed by atoms with Gasteiger partial charge in [0.05, 0.1) is 0 Å². The Balaban J connectivity index is 2.04. The van der Waals surface area contributed by atoms with Gasteiger partial charge in [0.2, 0.25) is 0 Å². The van der Waals surface area contributed by atoms with Gasteiger partial charge in [0.1, 0.15) is 11.6 Å². The molecule has 0 bridgehead atoms. The van der Waals surface area contributed by atoms with Crippen molar-refractivity contribution in [2.75, 3.05) is 5.32 Å². The second-order valence-corrected chi connectivity index (χ2v) is 4.65. The monoisotopic (exact) mass is 296 g/mol. The van der Waals surface area contributed by atoms with Crippen molar-refractivity contribution in [2.45, 2.75) is 26.3 Å². The maximum atomic E-state index is 12.1. The Labute approximate surface area is 120 Å². The van der Waals surface area contributed by atoms with E-state index in [1.165, 1.54) is 12.1 Å². The van der Waals surface area contributed by atoms with Crippen LogP contribution in [0.15, 0.2) is 42.5 Å². The summed E-state index contributed by atoms with van der Waals surface area (Å²) in [5, 5.41) is 3.19. The summed E-state index contributed by atoms with van der Waals surface area (Å²) in [6.45, 7) is 3.79. The minimum Gasteiger partial charge on any atom is -0.406 e. The lowest BCUT2D eigenvalue weighted by Gasteiger charge is -2.16. The number of hydrogen-bond donors (Lipinski definition) is 1. The molecular weight excluding hydrogens is 281 g/mol. The normalized spacial score (nSPS) is 12.8. The van der Waals surface area contributed by atoms with Crippen molar-refractivity contribution in [3.05, 3.63) is 53.7 Å². The van der Waals surface area contributed by atoms with Crippen LogP contribution in [0.25, 0.3) is 0 Å². The summed E-state index contributed by atoms with van der Waals surface area (Å²) in [6, 6.07) is 11.3. The molecule has 3 nitrogen and oxygen atoms in total. The summed E-state index contributed by atoms with van der Waals surface area (Å²) in [5.74, 6) is 0.491. The molecule has 0 saturated carbocycles. The number of nitrogens with one attached hydrogen (secondary N) is 1. The highest BCUT2D eigenvalue weighted by Gasteiger charge is 2.30. The summed E-state index contributed by atoms with van der Waals surface area (Å²) < 4.78 is 40.1. The third-order valence-electron chi connectivity index (χ3n) is 2.87. The smallest absolute Gasteiger partial charge is 0.406 e. The standard InChI is InChI=1S/C15H15F3N2O/c1-10-4-3-5-14(19-10)20-11(2)12-6-8-13(9-7-12)21-15(16,17)18/h3-9,11H,1-2H3,(H,19,20)/t11-/m0/s1. The van der Waals surface area contributed by atoms with Crippen molar-refractivity contribution in [1.29, 1.82) is 0 Å². The average molecular weight is 296 g/mol. The van der Waals surface area contributed by atoms with Gasteiger partial charge in [-0.2, -0.15) is 0 Å². The van der Waals surface area contributed by atoms with Crippen molar-refractivity contribution >= 4 is 5.82 Å². The first-order valence-electron chi connectivity index (χ1n) is 6.39. The maximum Gasteiger partial charge on any atom is 0.573 e. The van der Waals surface area contributed by atoms with E-state index in [0.717, 1.165) is 17.1 Å². The number of hydrogen-bond acceptors (Lipinski definition) is 3. The van der Waals surface area contributed by atoms with Crippen molar-refractivity contribution in [3.8, 4) is 5.75 Å². The van der Waals surface area contributed by atoms with Crippen LogP contribution < -0.4 is 10.1 Å². The molecule has 0 unspecified atom stereocenters. The lowest BCUT2D eigenvalue weighted by atomic mass is 10.1. The molecular formula is C15H15F3N2O. The highest BCUT2D eigenvalue weighted by molar-refractivity contribution is 5.39. The second-order valence-electron chi connectivity index (χ2n) is 4.65. The summed E-state index contributed by atoms with van der Waals surface area (Å²) in [5.41, 5.74) is 1.73. The average Bonchev–Trinajstić information content (AvgIpc) is 2.37. The van der Waals surface area contributed by atoms with Gasteiger partial charge < -0.3 is 10.1 Å². The molecule has 1 heterocycles. The molecule has 0 aliphatic heterocycles. The van der Waals surface area contributed by atoms with E-state index in [1.807, 2.05) is 32.0 Å². The van der Waals surface area contributed by atoms with Crippen LogP contribution in [-0.4, -0.2) is 11.3 Å². The molecule has 1 atom stereocenters. The van der Waals surface area contributed by atoms with Gasteiger partial charge in [-0.25, -0.2) is 4.98 Å². The molecule has 112 valence electrons. The highest BCUT2D eigenvalue weighted by Crippen LogP contribution is 2.25. The van der Waals surface area contributed by atoms with Crippen molar-refractivity contribution in [2.24, 2.45) is 0 Å². The molecule has 0 aliphatic carbocycles. The third-order valence-corrected chi connectivity index (χ3v) is 2.87. The summed E-state index contributed by atoms with van der Waals surface area (Å²) >= 11 is 0. The molecule has 2 aromatic rings. The Kier molecular flexibility index (Phi) is 4.35. The van der Waals surface area contributed by atoms with Gasteiger partial charge >= 0.3 is 6.36 Å². The Morgan fingerprint density at radius 1 is 1.10 bits per heavy atom. The molecule has 0 fully saturated rings. The molecule has 1 aromatic carbocycles. The van der Waals surface area contributed by atoms with E-state index in [0.29, 0.717) is 0 Å². The van der Waals surface area contributed by atoms with Crippen LogP contribution in [-0.2, 0) is 0 Å². The predicted molar refractivity (Wildman–Crippen MR) is 74.1 cm³/mol. The molecule has 0 saturated heterocycles. The maximum absolute atomic E-state index is 12.1. The predicted octanol–water partition coefficient (Wildman–Crippen LogP) is 4.46. The van der Waals surface area contributed by atoms with E-state index < -0.39 is 6.36 Å². The summed E-state index contributed by atoms with van der Waals surface area (Å²) in [6.07, 6.45) is -4.67. The summed E-state index contributed by atoms with van der Waals surface area (Å²) in [7, 11) is 0. The fraction of sp³-hybridized carbons (Fsp3) is 0.267. The van der Waals surface area contributed by atoms with Crippen LogP contribution in [0.5, 0.6) is 5.75 Å². The van der Waals surface area contributed by atoms with Crippen LogP contribution in [0, 0.1) is 6.92 Å². The van der Waals surface area contributed by atoms with Gasteiger partial charge in [0.25, 0.3) is 0 Å². The van der Waals surface area contributed by atoms with Crippen molar-refractivity contribution < 1.29 is 17.9 Å². The first kappa shape index (κ1) is 15.2. The molecule has 6 heteroatoms. The first-order chi connectivity index (χ1) is 9.83. The first-order valence-corrected chi connectivity index (χ1v) is 6.39. The lowest BCUT2D eigenvalue weighted by Crippen LogP contribution is -2.17. The molecule has 0 spiro atoms. The topological polar surface area (TPSA) is 34.1 Å². The Morgan fingerprint density at radius 3 is 2.33 bits per heavy atom. The van der Waals surface area contributed by atoms with E-state index >= 15 is 0 Å². The van der Waals surface area contributed by atoms with Gasteiger partial charge in [-0.3, -0.25) is 0 Å². The molecule has 1 N–H and O–H groups in total. The SMILES string of the molecule is Cc1cccc(N[C@@H](C)c2ccc(OC(F)(F)F)cc2)n1. The van der Waals surface area contributed by atoms with Crippen LogP contribution in [0.2, 0.25) is 0 Å². The Hall–Kier alpha value is -2.24. The molecule has 1 aromatic heterocycles. The van der Waals surface area contributed by atoms with Gasteiger partial charge in [-0.15, -0.1) is 13.2 Å². The molecule has 21 heavy (non-hydrogen) atoms. The minimum atomic E-state index is -4.67. The number of pyridine rings is 1. The van der Waals surface area contributed by atoms with Gasteiger partial charge in [0, 0.05) is 11.7 Å². The fourth-order valence-electron chi connectivity index (χ4n) is 1.89. The number of rotatable bonds is 4. The highest BCUT2D eigenvalue weighted by atomic mass is 19.4. The Morgan fingerprint density at radius 2 is 1.76 bits per heavy atom. The van der Waals surface area contributed by atoms with Crippen LogP contribution in [0.1, 0.15) is 24.2 Å².